The van der Waals surface area contributed by atoms with Gasteiger partial charge in [0.25, 0.3) is 0 Å². The molecule has 1 aromatic rings. The number of nitrogens with zero attached hydrogens (tertiary/aromatic N) is 1. The zero-order valence-electron chi connectivity index (χ0n) is 6.01. The van der Waals surface area contributed by atoms with Crippen molar-refractivity contribution in [2.75, 3.05) is 5.73 Å². The summed E-state index contributed by atoms with van der Waals surface area (Å²) < 4.78 is 4.75. The first kappa shape index (κ1) is 8.01. The third-order valence-corrected chi connectivity index (χ3v) is 0.639. The van der Waals surface area contributed by atoms with E-state index in [1.54, 1.807) is 6.92 Å². The number of aromatic nitrogens is 1. The fourth-order valence-corrected chi connectivity index (χ4v) is 0.378. The van der Waals surface area contributed by atoms with Gasteiger partial charge in [0.1, 0.15) is 0 Å². The first-order valence-corrected chi connectivity index (χ1v) is 2.97. The lowest BCUT2D eigenvalue weighted by atomic mass is 10.8. The maximum absolute atomic E-state index is 5.15. The van der Waals surface area contributed by atoms with Crippen LogP contribution in [0.5, 0.6) is 0 Å². The van der Waals surface area contributed by atoms with Gasteiger partial charge in [0, 0.05) is 6.92 Å². The molecule has 0 saturated carbocycles. The molecule has 3 nitrogen and oxygen atoms in total. The number of anilines is 1. The van der Waals surface area contributed by atoms with E-state index in [0.717, 1.165) is 0 Å². The molecule has 0 fully saturated rings. The highest BCUT2D eigenvalue weighted by Gasteiger charge is 1.88. The Morgan fingerprint density at radius 1 is 1.56 bits per heavy atom. The monoisotopic (exact) mass is 128 g/mol. The number of hydrogen-bond acceptors (Lipinski definition) is 3. The lowest BCUT2D eigenvalue weighted by Crippen LogP contribution is -1.75. The van der Waals surface area contributed by atoms with E-state index in [1.165, 1.54) is 6.20 Å². The van der Waals surface area contributed by atoms with Gasteiger partial charge in [0.05, 0.1) is 6.20 Å². The third-order valence-electron chi connectivity index (χ3n) is 0.639. The van der Waals surface area contributed by atoms with Gasteiger partial charge < -0.3 is 10.2 Å². The minimum atomic E-state index is 0.373. The summed E-state index contributed by atoms with van der Waals surface area (Å²) >= 11 is 0. The third kappa shape index (κ3) is 2.74. The number of oxazole rings is 1. The smallest absolute Gasteiger partial charge is 0.211 e. The predicted molar refractivity (Wildman–Crippen MR) is 37.0 cm³/mol. The maximum atomic E-state index is 5.15. The van der Waals surface area contributed by atoms with E-state index in [0.29, 0.717) is 11.8 Å². The van der Waals surface area contributed by atoms with Crippen LogP contribution >= 0.6 is 0 Å². The molecule has 1 heterocycles. The molecule has 9 heavy (non-hydrogen) atoms. The Labute approximate surface area is 54.9 Å². The molecule has 0 bridgehead atoms. The van der Waals surface area contributed by atoms with Gasteiger partial charge in [-0.3, -0.25) is 0 Å². The quantitative estimate of drug-likeness (QED) is 0.577. The Bertz CT molecular complexity index is 143. The van der Waals surface area contributed by atoms with E-state index >= 15 is 0 Å². The first-order chi connectivity index (χ1) is 4.29. The molecule has 0 spiro atoms. The Hall–Kier alpha value is -0.990. The summed E-state index contributed by atoms with van der Waals surface area (Å²) in [4.78, 5) is 3.72. The number of aryl methyl sites for hydroxylation is 1. The average molecular weight is 128 g/mol. The SMILES string of the molecule is CC.Cc1ncc(N)o1. The van der Waals surface area contributed by atoms with Gasteiger partial charge in [-0.05, 0) is 0 Å². The zero-order valence-corrected chi connectivity index (χ0v) is 6.01. The molecule has 0 aliphatic carbocycles. The van der Waals surface area contributed by atoms with Crippen LogP contribution in [0.4, 0.5) is 5.88 Å². The van der Waals surface area contributed by atoms with Gasteiger partial charge in [-0.2, -0.15) is 0 Å². The molecule has 1 rings (SSSR count). The minimum Gasteiger partial charge on any atom is -0.426 e. The van der Waals surface area contributed by atoms with Crippen LogP contribution in [-0.2, 0) is 0 Å². The summed E-state index contributed by atoms with van der Waals surface area (Å²) in [6.07, 6.45) is 1.48. The molecular formula is C6H12N2O. The van der Waals surface area contributed by atoms with E-state index in [4.69, 9.17) is 10.2 Å². The Morgan fingerprint density at radius 2 is 2.11 bits per heavy atom. The van der Waals surface area contributed by atoms with Crippen molar-refractivity contribution in [3.8, 4) is 0 Å². The van der Waals surface area contributed by atoms with Crippen LogP contribution in [0.1, 0.15) is 19.7 Å². The number of nitrogens with two attached hydrogens (primary N) is 1. The normalized spacial score (nSPS) is 7.89. The summed E-state index contributed by atoms with van der Waals surface area (Å²) in [6, 6.07) is 0. The van der Waals surface area contributed by atoms with E-state index in [9.17, 15) is 0 Å². The largest absolute Gasteiger partial charge is 0.426 e. The maximum Gasteiger partial charge on any atom is 0.211 e. The standard InChI is InChI=1S/C4H6N2O.C2H6/c1-3-6-2-4(5)7-3;1-2/h2H,5H2,1H3;1-2H3. The second-order valence-electron chi connectivity index (χ2n) is 1.28. The Kier molecular flexibility index (Phi) is 3.51. The Balaban J connectivity index is 0.000000291. The van der Waals surface area contributed by atoms with E-state index < -0.39 is 0 Å². The van der Waals surface area contributed by atoms with Crippen molar-refractivity contribution in [3.05, 3.63) is 12.1 Å². The predicted octanol–water partition coefficient (Wildman–Crippen LogP) is 1.59. The van der Waals surface area contributed by atoms with Crippen LogP contribution < -0.4 is 5.73 Å². The second kappa shape index (κ2) is 3.95. The summed E-state index contributed by atoms with van der Waals surface area (Å²) in [7, 11) is 0. The highest BCUT2D eigenvalue weighted by molar-refractivity contribution is 5.17. The van der Waals surface area contributed by atoms with Gasteiger partial charge in [-0.15, -0.1) is 0 Å². The number of nitrogen functional groups attached to an aromatic ring is 1. The number of hydrogen-bond donors (Lipinski definition) is 1. The van der Waals surface area contributed by atoms with Crippen LogP contribution in [0, 0.1) is 6.92 Å². The molecule has 52 valence electrons. The molecule has 1 aromatic heterocycles. The molecular weight excluding hydrogens is 116 g/mol. The van der Waals surface area contributed by atoms with Gasteiger partial charge in [-0.1, -0.05) is 13.8 Å². The topological polar surface area (TPSA) is 52.0 Å². The van der Waals surface area contributed by atoms with Crippen LogP contribution in [0.2, 0.25) is 0 Å². The average Bonchev–Trinajstić information content (AvgIpc) is 2.20. The van der Waals surface area contributed by atoms with E-state index in [-0.39, 0.29) is 0 Å². The van der Waals surface area contributed by atoms with Gasteiger partial charge in [0.15, 0.2) is 5.89 Å². The highest BCUT2D eigenvalue weighted by atomic mass is 16.4. The summed E-state index contributed by atoms with van der Waals surface area (Å²) in [5.74, 6) is 0.981. The Morgan fingerprint density at radius 3 is 2.22 bits per heavy atom. The van der Waals surface area contributed by atoms with Crippen molar-refractivity contribution in [2.24, 2.45) is 0 Å². The van der Waals surface area contributed by atoms with Crippen molar-refractivity contribution < 1.29 is 4.42 Å². The van der Waals surface area contributed by atoms with Crippen molar-refractivity contribution in [3.63, 3.8) is 0 Å². The van der Waals surface area contributed by atoms with Crippen LogP contribution in [0.3, 0.4) is 0 Å². The van der Waals surface area contributed by atoms with Gasteiger partial charge in [0.2, 0.25) is 5.88 Å². The lowest BCUT2D eigenvalue weighted by molar-refractivity contribution is 0.539. The molecule has 0 aliphatic heterocycles. The summed E-state index contributed by atoms with van der Waals surface area (Å²) in [5, 5.41) is 0. The zero-order chi connectivity index (χ0) is 7.28. The van der Waals surface area contributed by atoms with Crippen molar-refractivity contribution in [2.45, 2.75) is 20.8 Å². The van der Waals surface area contributed by atoms with Crippen molar-refractivity contribution >= 4 is 5.88 Å². The molecule has 0 radical (unpaired) electrons. The van der Waals surface area contributed by atoms with Gasteiger partial charge in [-0.25, -0.2) is 4.98 Å². The minimum absolute atomic E-state index is 0.373. The first-order valence-electron chi connectivity index (χ1n) is 2.97. The van der Waals surface area contributed by atoms with Crippen LogP contribution in [0.15, 0.2) is 10.6 Å². The summed E-state index contributed by atoms with van der Waals surface area (Å²) in [5.41, 5.74) is 5.15. The van der Waals surface area contributed by atoms with Crippen molar-refractivity contribution in [1.29, 1.82) is 0 Å². The lowest BCUT2D eigenvalue weighted by Gasteiger charge is -1.74. The molecule has 0 unspecified atom stereocenters. The molecule has 0 saturated heterocycles. The van der Waals surface area contributed by atoms with Gasteiger partial charge >= 0.3 is 0 Å². The van der Waals surface area contributed by atoms with Crippen molar-refractivity contribution in [1.82, 2.24) is 4.98 Å². The molecule has 2 N–H and O–H groups in total. The van der Waals surface area contributed by atoms with Crippen LogP contribution in [0.25, 0.3) is 0 Å². The second-order valence-corrected chi connectivity index (χ2v) is 1.28. The van der Waals surface area contributed by atoms with E-state index in [1.807, 2.05) is 13.8 Å². The fourth-order valence-electron chi connectivity index (χ4n) is 0.378. The summed E-state index contributed by atoms with van der Waals surface area (Å²) in [6.45, 7) is 5.75. The number of rotatable bonds is 0. The molecule has 0 atom stereocenters. The molecule has 0 aromatic carbocycles. The fraction of sp³-hybridized carbons (Fsp3) is 0.500. The van der Waals surface area contributed by atoms with E-state index in [2.05, 4.69) is 4.98 Å². The molecule has 3 heteroatoms. The molecule has 0 aliphatic rings. The highest BCUT2D eigenvalue weighted by Crippen LogP contribution is 2.00. The van der Waals surface area contributed by atoms with Crippen LogP contribution in [-0.4, -0.2) is 4.98 Å². The molecule has 0 amide bonds.